The van der Waals surface area contributed by atoms with Crippen LogP contribution in [0.5, 0.6) is 0 Å². The van der Waals surface area contributed by atoms with Crippen LogP contribution in [0.4, 0.5) is 21.8 Å². The standard InChI is InChI=1S/C21H26FN7O/c1-14-20(30)26-18-12-24-21(27-19(18)28(14)2)23-10-16-11-25-29(13-16)9-3-4-15-5-7-17(22)8-6-15/h5-8,11-14,20,26,30H,3-4,9-10H2,1-2H3,(H,23,24,27)/t14-,20?/m0/s1. The number of anilines is 3. The Morgan fingerprint density at radius 1 is 1.20 bits per heavy atom. The average molecular weight is 411 g/mol. The predicted molar refractivity (Wildman–Crippen MR) is 114 cm³/mol. The molecule has 1 aromatic carbocycles. The van der Waals surface area contributed by atoms with E-state index in [1.165, 1.54) is 12.1 Å². The number of nitrogens with one attached hydrogen (secondary N) is 2. The molecule has 0 saturated heterocycles. The first-order valence-electron chi connectivity index (χ1n) is 10.0. The number of nitrogens with zero attached hydrogens (tertiary/aromatic N) is 5. The lowest BCUT2D eigenvalue weighted by Crippen LogP contribution is -2.47. The van der Waals surface area contributed by atoms with Crippen LogP contribution in [0.2, 0.25) is 0 Å². The maximum atomic E-state index is 13.0. The molecule has 3 N–H and O–H groups in total. The summed E-state index contributed by atoms with van der Waals surface area (Å²) in [4.78, 5) is 10.8. The van der Waals surface area contributed by atoms with Crippen molar-refractivity contribution in [1.29, 1.82) is 0 Å². The molecule has 0 spiro atoms. The second kappa shape index (κ2) is 8.66. The van der Waals surface area contributed by atoms with E-state index in [0.29, 0.717) is 18.2 Å². The van der Waals surface area contributed by atoms with Crippen molar-refractivity contribution in [1.82, 2.24) is 19.7 Å². The van der Waals surface area contributed by atoms with Gasteiger partial charge in [-0.1, -0.05) is 12.1 Å². The Kier molecular flexibility index (Phi) is 5.80. The van der Waals surface area contributed by atoms with Crippen molar-refractivity contribution < 1.29 is 9.50 Å². The molecule has 0 fully saturated rings. The molecule has 30 heavy (non-hydrogen) atoms. The van der Waals surface area contributed by atoms with Gasteiger partial charge in [-0.05, 0) is 37.5 Å². The molecule has 1 unspecified atom stereocenters. The lowest BCUT2D eigenvalue weighted by molar-refractivity contribution is 0.172. The lowest BCUT2D eigenvalue weighted by atomic mass is 10.1. The number of fused-ring (bicyclic) bond motifs is 1. The fourth-order valence-corrected chi connectivity index (χ4v) is 3.41. The van der Waals surface area contributed by atoms with Gasteiger partial charge in [-0.15, -0.1) is 0 Å². The molecule has 3 aromatic rings. The van der Waals surface area contributed by atoms with Gasteiger partial charge in [0.25, 0.3) is 0 Å². The number of benzene rings is 1. The Bertz CT molecular complexity index is 991. The molecule has 3 heterocycles. The van der Waals surface area contributed by atoms with E-state index in [4.69, 9.17) is 0 Å². The smallest absolute Gasteiger partial charge is 0.225 e. The van der Waals surface area contributed by atoms with Crippen LogP contribution in [0.3, 0.4) is 0 Å². The van der Waals surface area contributed by atoms with Crippen molar-refractivity contribution in [3.8, 4) is 0 Å². The zero-order valence-corrected chi connectivity index (χ0v) is 17.1. The monoisotopic (exact) mass is 411 g/mol. The summed E-state index contributed by atoms with van der Waals surface area (Å²) in [6, 6.07) is 6.54. The summed E-state index contributed by atoms with van der Waals surface area (Å²) in [5, 5.41) is 20.6. The normalized spacial score (nSPS) is 18.1. The SMILES string of the molecule is C[C@H]1C(O)Nc2cnc(NCc3cnn(CCCc4ccc(F)cc4)c3)nc2N1C. The first-order valence-corrected chi connectivity index (χ1v) is 10.0. The van der Waals surface area contributed by atoms with Gasteiger partial charge in [-0.25, -0.2) is 9.37 Å². The molecule has 8 nitrogen and oxygen atoms in total. The van der Waals surface area contributed by atoms with Crippen molar-refractivity contribution >= 4 is 17.5 Å². The second-order valence-corrected chi connectivity index (χ2v) is 7.57. The van der Waals surface area contributed by atoms with Crippen LogP contribution >= 0.6 is 0 Å². The molecule has 2 aromatic heterocycles. The van der Waals surface area contributed by atoms with E-state index in [1.807, 2.05) is 48.1 Å². The van der Waals surface area contributed by atoms with Crippen molar-refractivity contribution in [3.63, 3.8) is 0 Å². The maximum absolute atomic E-state index is 13.0. The third-order valence-corrected chi connectivity index (χ3v) is 5.38. The topological polar surface area (TPSA) is 91.1 Å². The summed E-state index contributed by atoms with van der Waals surface area (Å²) < 4.78 is 14.9. The number of aryl methyl sites for hydroxylation is 2. The largest absolute Gasteiger partial charge is 0.372 e. The van der Waals surface area contributed by atoms with Gasteiger partial charge in [0, 0.05) is 31.9 Å². The number of aromatic nitrogens is 4. The highest BCUT2D eigenvalue weighted by molar-refractivity contribution is 5.69. The summed E-state index contributed by atoms with van der Waals surface area (Å²) in [6.45, 7) is 3.29. The molecule has 0 bridgehead atoms. The Hall–Kier alpha value is -3.20. The van der Waals surface area contributed by atoms with E-state index in [-0.39, 0.29) is 11.9 Å². The molecular weight excluding hydrogens is 385 g/mol. The molecule has 0 amide bonds. The summed E-state index contributed by atoms with van der Waals surface area (Å²) in [6.07, 6.45) is 6.66. The lowest BCUT2D eigenvalue weighted by Gasteiger charge is -2.36. The van der Waals surface area contributed by atoms with E-state index >= 15 is 0 Å². The third-order valence-electron chi connectivity index (χ3n) is 5.38. The number of aliphatic hydroxyl groups excluding tert-OH is 1. The van der Waals surface area contributed by atoms with Crippen molar-refractivity contribution in [2.24, 2.45) is 0 Å². The van der Waals surface area contributed by atoms with Gasteiger partial charge in [0.1, 0.15) is 12.0 Å². The molecule has 158 valence electrons. The Morgan fingerprint density at radius 3 is 2.80 bits per heavy atom. The van der Waals surface area contributed by atoms with Crippen LogP contribution in [0, 0.1) is 5.82 Å². The van der Waals surface area contributed by atoms with Gasteiger partial charge in [-0.3, -0.25) is 4.68 Å². The van der Waals surface area contributed by atoms with Crippen LogP contribution in [-0.4, -0.2) is 44.2 Å². The quantitative estimate of drug-likeness (QED) is 0.551. The molecule has 0 aliphatic carbocycles. The van der Waals surface area contributed by atoms with Crippen LogP contribution in [0.15, 0.2) is 42.9 Å². The van der Waals surface area contributed by atoms with Crippen molar-refractivity contribution in [2.45, 2.75) is 45.1 Å². The Labute approximate surface area is 174 Å². The zero-order chi connectivity index (χ0) is 21.1. The highest BCUT2D eigenvalue weighted by Gasteiger charge is 2.28. The van der Waals surface area contributed by atoms with Crippen LogP contribution in [-0.2, 0) is 19.5 Å². The number of rotatable bonds is 7. The summed E-state index contributed by atoms with van der Waals surface area (Å²) in [5.74, 6) is 1.07. The van der Waals surface area contributed by atoms with Gasteiger partial charge in [0.05, 0.1) is 24.1 Å². The molecule has 2 atom stereocenters. The zero-order valence-electron chi connectivity index (χ0n) is 17.1. The predicted octanol–water partition coefficient (Wildman–Crippen LogP) is 2.63. The maximum Gasteiger partial charge on any atom is 0.225 e. The average Bonchev–Trinajstić information content (AvgIpc) is 3.20. The summed E-state index contributed by atoms with van der Waals surface area (Å²) in [7, 11) is 1.90. The minimum atomic E-state index is -0.654. The fourth-order valence-electron chi connectivity index (χ4n) is 3.41. The highest BCUT2D eigenvalue weighted by Crippen LogP contribution is 2.30. The van der Waals surface area contributed by atoms with Gasteiger partial charge >= 0.3 is 0 Å². The van der Waals surface area contributed by atoms with Gasteiger partial charge in [0.15, 0.2) is 5.82 Å². The Morgan fingerprint density at radius 2 is 2.00 bits per heavy atom. The Balaban J connectivity index is 1.30. The second-order valence-electron chi connectivity index (χ2n) is 7.57. The number of hydrogen-bond donors (Lipinski definition) is 3. The van der Waals surface area contributed by atoms with E-state index < -0.39 is 6.23 Å². The number of halogens is 1. The van der Waals surface area contributed by atoms with Gasteiger partial charge in [-0.2, -0.15) is 10.1 Å². The van der Waals surface area contributed by atoms with E-state index in [1.54, 1.807) is 6.20 Å². The fraction of sp³-hybridized carbons (Fsp3) is 0.381. The number of likely N-dealkylation sites (N-methyl/N-ethyl adjacent to an activating group) is 1. The molecular formula is C21H26FN7O. The summed E-state index contributed by atoms with van der Waals surface area (Å²) in [5.41, 5.74) is 2.87. The first kappa shape index (κ1) is 20.1. The first-order chi connectivity index (χ1) is 14.5. The van der Waals surface area contributed by atoms with E-state index in [9.17, 15) is 9.50 Å². The molecule has 9 heteroatoms. The van der Waals surface area contributed by atoms with Crippen molar-refractivity contribution in [3.05, 3.63) is 59.8 Å². The molecule has 4 rings (SSSR count). The van der Waals surface area contributed by atoms with Gasteiger partial charge < -0.3 is 20.6 Å². The van der Waals surface area contributed by atoms with Crippen LogP contribution < -0.4 is 15.5 Å². The highest BCUT2D eigenvalue weighted by atomic mass is 19.1. The summed E-state index contributed by atoms with van der Waals surface area (Å²) >= 11 is 0. The molecule has 0 saturated carbocycles. The van der Waals surface area contributed by atoms with E-state index in [2.05, 4.69) is 25.7 Å². The number of hydrogen-bond acceptors (Lipinski definition) is 7. The number of aliphatic hydroxyl groups is 1. The van der Waals surface area contributed by atoms with Crippen molar-refractivity contribution in [2.75, 3.05) is 22.6 Å². The van der Waals surface area contributed by atoms with Crippen LogP contribution in [0.1, 0.15) is 24.5 Å². The molecule has 0 radical (unpaired) electrons. The minimum absolute atomic E-state index is 0.0895. The molecule has 1 aliphatic heterocycles. The minimum Gasteiger partial charge on any atom is -0.372 e. The third kappa shape index (κ3) is 4.51. The van der Waals surface area contributed by atoms with E-state index in [0.717, 1.165) is 36.3 Å². The molecule has 1 aliphatic rings. The van der Waals surface area contributed by atoms with Gasteiger partial charge in [0.2, 0.25) is 5.95 Å². The van der Waals surface area contributed by atoms with Crippen LogP contribution in [0.25, 0.3) is 0 Å².